The van der Waals surface area contributed by atoms with Crippen molar-refractivity contribution in [1.82, 2.24) is 10.2 Å². The van der Waals surface area contributed by atoms with Crippen LogP contribution in [0.2, 0.25) is 10.0 Å². The molecule has 3 aromatic rings. The van der Waals surface area contributed by atoms with Crippen molar-refractivity contribution in [2.75, 3.05) is 0 Å². The topological polar surface area (TPSA) is 49.4 Å². The van der Waals surface area contributed by atoms with Gasteiger partial charge in [-0.1, -0.05) is 97.1 Å². The Morgan fingerprint density at radius 2 is 1.42 bits per heavy atom. The molecule has 3 aromatic carbocycles. The highest BCUT2D eigenvalue weighted by Crippen LogP contribution is 2.22. The minimum Gasteiger partial charge on any atom is -0.352 e. The smallest absolute Gasteiger partial charge is 0.243 e. The van der Waals surface area contributed by atoms with Crippen molar-refractivity contribution < 1.29 is 9.59 Å². The Morgan fingerprint density at radius 1 is 0.806 bits per heavy atom. The van der Waals surface area contributed by atoms with Crippen molar-refractivity contribution in [2.45, 2.75) is 63.6 Å². The summed E-state index contributed by atoms with van der Waals surface area (Å²) in [5.74, 6) is -0.232. The van der Waals surface area contributed by atoms with Gasteiger partial charge < -0.3 is 10.2 Å². The predicted octanol–water partition coefficient (Wildman–Crippen LogP) is 6.62. The summed E-state index contributed by atoms with van der Waals surface area (Å²) in [7, 11) is 0. The van der Waals surface area contributed by atoms with Crippen LogP contribution < -0.4 is 5.32 Å². The average Bonchev–Trinajstić information content (AvgIpc) is 2.87. The number of nitrogens with zero attached hydrogens (tertiary/aromatic N) is 1. The number of halogens is 2. The van der Waals surface area contributed by atoms with Crippen LogP contribution in [-0.2, 0) is 29.0 Å². The lowest BCUT2D eigenvalue weighted by atomic mass is 9.94. The Bertz CT molecular complexity index is 1160. The summed E-state index contributed by atoms with van der Waals surface area (Å²) >= 11 is 12.4. The molecule has 0 aromatic heterocycles. The third-order valence-corrected chi connectivity index (χ3v) is 7.18. The molecule has 1 saturated carbocycles. The first kappa shape index (κ1) is 26.2. The van der Waals surface area contributed by atoms with Gasteiger partial charge in [0.15, 0.2) is 0 Å². The Kier molecular flexibility index (Phi) is 9.43. The number of carbonyl (C=O) groups is 2. The maximum atomic E-state index is 13.8. The molecule has 0 saturated heterocycles. The summed E-state index contributed by atoms with van der Waals surface area (Å²) in [6, 6.07) is 24.1. The van der Waals surface area contributed by atoms with E-state index in [1.165, 1.54) is 6.42 Å². The van der Waals surface area contributed by atoms with E-state index in [4.69, 9.17) is 23.2 Å². The first-order chi connectivity index (χ1) is 17.5. The third kappa shape index (κ3) is 7.59. The van der Waals surface area contributed by atoms with Crippen LogP contribution in [0.15, 0.2) is 78.9 Å². The molecule has 4 rings (SSSR count). The molecular formula is C30H32Cl2N2O2. The maximum absolute atomic E-state index is 13.8. The van der Waals surface area contributed by atoms with Crippen LogP contribution in [0, 0.1) is 0 Å². The monoisotopic (exact) mass is 522 g/mol. The zero-order valence-electron chi connectivity index (χ0n) is 20.3. The van der Waals surface area contributed by atoms with Crippen molar-refractivity contribution in [2.24, 2.45) is 0 Å². The molecular weight excluding hydrogens is 491 g/mol. The van der Waals surface area contributed by atoms with Crippen LogP contribution >= 0.6 is 23.2 Å². The van der Waals surface area contributed by atoms with Crippen molar-refractivity contribution in [3.8, 4) is 0 Å². The highest BCUT2D eigenvalue weighted by molar-refractivity contribution is 6.30. The van der Waals surface area contributed by atoms with Gasteiger partial charge in [0.2, 0.25) is 11.8 Å². The lowest BCUT2D eigenvalue weighted by molar-refractivity contribution is -0.141. The maximum Gasteiger partial charge on any atom is 0.243 e. The second kappa shape index (κ2) is 12.9. The Hall–Kier alpha value is -2.82. The van der Waals surface area contributed by atoms with E-state index in [1.807, 2.05) is 60.7 Å². The van der Waals surface area contributed by atoms with Crippen molar-refractivity contribution >= 4 is 35.0 Å². The van der Waals surface area contributed by atoms with Crippen LogP contribution in [-0.4, -0.2) is 28.8 Å². The normalized spacial score (nSPS) is 14.7. The molecule has 0 aliphatic heterocycles. The minimum atomic E-state index is -0.653. The summed E-state index contributed by atoms with van der Waals surface area (Å²) in [5.41, 5.74) is 2.70. The Balaban J connectivity index is 1.65. The number of carbonyl (C=O) groups excluding carboxylic acids is 2. The predicted molar refractivity (Wildman–Crippen MR) is 146 cm³/mol. The fraction of sp³-hybridized carbons (Fsp3) is 0.333. The Labute approximate surface area is 223 Å². The molecule has 6 heteroatoms. The van der Waals surface area contributed by atoms with E-state index in [1.54, 1.807) is 23.1 Å². The molecule has 0 heterocycles. The molecule has 1 N–H and O–H groups in total. The lowest BCUT2D eigenvalue weighted by Gasteiger charge is -2.33. The van der Waals surface area contributed by atoms with Gasteiger partial charge in [-0.25, -0.2) is 0 Å². The van der Waals surface area contributed by atoms with Gasteiger partial charge in [0.05, 0.1) is 6.42 Å². The molecule has 1 atom stereocenters. The minimum absolute atomic E-state index is 0.104. The van der Waals surface area contributed by atoms with Crippen LogP contribution in [0.3, 0.4) is 0 Å². The molecule has 1 aliphatic rings. The van der Waals surface area contributed by atoms with Crippen LogP contribution in [0.25, 0.3) is 0 Å². The number of nitrogens with one attached hydrogen (secondary N) is 1. The number of hydrogen-bond acceptors (Lipinski definition) is 2. The van der Waals surface area contributed by atoms with Gasteiger partial charge >= 0.3 is 0 Å². The van der Waals surface area contributed by atoms with E-state index in [0.29, 0.717) is 16.5 Å². The SMILES string of the molecule is O=C(NC1CCCCC1)[C@H](Cc1ccccc1)N(Cc1cccc(Cl)c1)C(=O)Cc1cccc(Cl)c1. The largest absolute Gasteiger partial charge is 0.352 e. The second-order valence-electron chi connectivity index (χ2n) is 9.51. The highest BCUT2D eigenvalue weighted by Gasteiger charge is 2.32. The molecule has 188 valence electrons. The molecule has 1 fully saturated rings. The fourth-order valence-corrected chi connectivity index (χ4v) is 5.28. The van der Waals surface area contributed by atoms with Crippen molar-refractivity contribution in [1.29, 1.82) is 0 Å². The Morgan fingerprint density at radius 3 is 2.08 bits per heavy atom. The molecule has 1 aliphatic carbocycles. The first-order valence-electron chi connectivity index (χ1n) is 12.6. The van der Waals surface area contributed by atoms with E-state index >= 15 is 0 Å². The molecule has 0 radical (unpaired) electrons. The van der Waals surface area contributed by atoms with Crippen LogP contribution in [0.5, 0.6) is 0 Å². The molecule has 0 unspecified atom stereocenters. The van der Waals surface area contributed by atoms with E-state index in [0.717, 1.165) is 42.4 Å². The second-order valence-corrected chi connectivity index (χ2v) is 10.4. The summed E-state index contributed by atoms with van der Waals surface area (Å²) in [4.78, 5) is 29.3. The first-order valence-corrected chi connectivity index (χ1v) is 13.4. The van der Waals surface area contributed by atoms with Gasteiger partial charge in [0.25, 0.3) is 0 Å². The van der Waals surface area contributed by atoms with E-state index in [-0.39, 0.29) is 30.8 Å². The zero-order chi connectivity index (χ0) is 25.3. The van der Waals surface area contributed by atoms with E-state index in [9.17, 15) is 9.59 Å². The lowest BCUT2D eigenvalue weighted by Crippen LogP contribution is -2.53. The number of benzene rings is 3. The van der Waals surface area contributed by atoms with Crippen LogP contribution in [0.4, 0.5) is 0 Å². The molecule has 4 nitrogen and oxygen atoms in total. The van der Waals surface area contributed by atoms with Gasteiger partial charge in [0, 0.05) is 29.1 Å². The summed E-state index contributed by atoms with van der Waals surface area (Å²) in [5, 5.41) is 4.44. The van der Waals surface area contributed by atoms with Gasteiger partial charge in [-0.2, -0.15) is 0 Å². The highest BCUT2D eigenvalue weighted by atomic mass is 35.5. The summed E-state index contributed by atoms with van der Waals surface area (Å²) in [6.07, 6.45) is 5.99. The van der Waals surface area contributed by atoms with Crippen molar-refractivity contribution in [3.63, 3.8) is 0 Å². The third-order valence-electron chi connectivity index (χ3n) is 6.71. The van der Waals surface area contributed by atoms with Gasteiger partial charge in [-0.05, 0) is 53.8 Å². The zero-order valence-corrected chi connectivity index (χ0v) is 21.8. The molecule has 2 amide bonds. The number of rotatable bonds is 9. The average molecular weight is 524 g/mol. The van der Waals surface area contributed by atoms with Crippen LogP contribution in [0.1, 0.15) is 48.8 Å². The molecule has 0 bridgehead atoms. The number of hydrogen-bond donors (Lipinski definition) is 1. The van der Waals surface area contributed by atoms with Gasteiger partial charge in [0.1, 0.15) is 6.04 Å². The fourth-order valence-electron chi connectivity index (χ4n) is 4.85. The quantitative estimate of drug-likeness (QED) is 0.343. The van der Waals surface area contributed by atoms with E-state index < -0.39 is 6.04 Å². The number of amides is 2. The van der Waals surface area contributed by atoms with E-state index in [2.05, 4.69) is 5.32 Å². The van der Waals surface area contributed by atoms with Gasteiger partial charge in [-0.3, -0.25) is 9.59 Å². The summed E-state index contributed by atoms with van der Waals surface area (Å²) < 4.78 is 0. The van der Waals surface area contributed by atoms with Crippen molar-refractivity contribution in [3.05, 3.63) is 106 Å². The van der Waals surface area contributed by atoms with Gasteiger partial charge in [-0.15, -0.1) is 0 Å². The standard InChI is InChI=1S/C30H32Cl2N2O2/c31-25-13-7-11-23(17-25)20-29(35)34(21-24-12-8-14-26(32)18-24)28(19-22-9-3-1-4-10-22)30(36)33-27-15-5-2-6-16-27/h1,3-4,7-14,17-18,27-28H,2,5-6,15-16,19-21H2,(H,33,36)/t28-/m0/s1. The molecule has 36 heavy (non-hydrogen) atoms. The molecule has 0 spiro atoms. The summed E-state index contributed by atoms with van der Waals surface area (Å²) in [6.45, 7) is 0.287.